The molecule has 8 heteroatoms. The molecule has 5 rings (SSSR count). The topological polar surface area (TPSA) is 136 Å². The van der Waals surface area contributed by atoms with Gasteiger partial charge in [0.15, 0.2) is 0 Å². The zero-order valence-corrected chi connectivity index (χ0v) is 20.0. The van der Waals surface area contributed by atoms with E-state index in [0.717, 1.165) is 28.2 Å². The van der Waals surface area contributed by atoms with Gasteiger partial charge in [0.05, 0.1) is 22.8 Å². The lowest BCUT2D eigenvalue weighted by atomic mass is 10.00. The van der Waals surface area contributed by atoms with Crippen molar-refractivity contribution in [2.24, 2.45) is 0 Å². The second kappa shape index (κ2) is 10.5. The molecule has 5 aromatic rings. The summed E-state index contributed by atoms with van der Waals surface area (Å²) in [7, 11) is 0. The standard InChI is InChI=1S/C23H20N2O.C5H5N5/c1-3-21-24-20-11-7-10-19(17-14-12-16(2)13-15-17)22(20)23(26)25(21)18-8-5-4-6-9-18;6-1-3-2-9-5(8)10-4(3)7/h4-15H,3H2,1-2H3;2H,(H4,7,8,9,10). The number of hydrogen-bond acceptors (Lipinski definition) is 7. The second-order valence-corrected chi connectivity index (χ2v) is 8.06. The number of hydrogen-bond donors (Lipinski definition) is 2. The van der Waals surface area contributed by atoms with E-state index in [1.807, 2.05) is 61.5 Å². The molecule has 2 heterocycles. The summed E-state index contributed by atoms with van der Waals surface area (Å²) in [5.41, 5.74) is 15.4. The first kappa shape index (κ1) is 24.1. The molecule has 0 aliphatic heterocycles. The molecule has 0 aliphatic carbocycles. The van der Waals surface area contributed by atoms with Gasteiger partial charge in [-0.1, -0.05) is 67.1 Å². The fraction of sp³-hybridized carbons (Fsp3) is 0.107. The van der Waals surface area contributed by atoms with Crippen LogP contribution in [0.25, 0.3) is 27.7 Å². The molecular weight excluding hydrogens is 450 g/mol. The van der Waals surface area contributed by atoms with E-state index in [9.17, 15) is 4.79 Å². The van der Waals surface area contributed by atoms with Crippen LogP contribution in [-0.2, 0) is 6.42 Å². The highest BCUT2D eigenvalue weighted by Gasteiger charge is 2.15. The van der Waals surface area contributed by atoms with Gasteiger partial charge in [0.25, 0.3) is 5.56 Å². The average Bonchev–Trinajstić information content (AvgIpc) is 2.89. The number of nitrogens with zero attached hydrogens (tertiary/aromatic N) is 5. The largest absolute Gasteiger partial charge is 0.382 e. The van der Waals surface area contributed by atoms with E-state index >= 15 is 0 Å². The summed E-state index contributed by atoms with van der Waals surface area (Å²) in [6.07, 6.45) is 1.98. The maximum atomic E-state index is 13.5. The minimum atomic E-state index is -0.0192. The van der Waals surface area contributed by atoms with Gasteiger partial charge < -0.3 is 11.5 Å². The van der Waals surface area contributed by atoms with Crippen LogP contribution in [-0.4, -0.2) is 19.5 Å². The van der Waals surface area contributed by atoms with Crippen molar-refractivity contribution in [2.75, 3.05) is 11.5 Å². The average molecular weight is 476 g/mol. The van der Waals surface area contributed by atoms with Gasteiger partial charge in [-0.3, -0.25) is 9.36 Å². The summed E-state index contributed by atoms with van der Waals surface area (Å²) in [5, 5.41) is 9.02. The Morgan fingerprint density at radius 3 is 2.31 bits per heavy atom. The number of rotatable bonds is 3. The van der Waals surface area contributed by atoms with Crippen LogP contribution in [0.4, 0.5) is 11.8 Å². The molecule has 0 unspecified atom stereocenters. The third-order valence-corrected chi connectivity index (χ3v) is 5.62. The lowest BCUT2D eigenvalue weighted by Gasteiger charge is -2.14. The Bertz CT molecular complexity index is 1620. The maximum absolute atomic E-state index is 13.5. The van der Waals surface area contributed by atoms with Gasteiger partial charge >= 0.3 is 0 Å². The van der Waals surface area contributed by atoms with E-state index in [2.05, 4.69) is 41.2 Å². The predicted molar refractivity (Wildman–Crippen MR) is 142 cm³/mol. The molecule has 0 aliphatic rings. The van der Waals surface area contributed by atoms with E-state index in [0.29, 0.717) is 11.8 Å². The Kier molecular flexibility index (Phi) is 7.02. The van der Waals surface area contributed by atoms with Gasteiger partial charge in [-0.25, -0.2) is 9.97 Å². The van der Waals surface area contributed by atoms with Gasteiger partial charge in [-0.05, 0) is 36.2 Å². The first-order chi connectivity index (χ1) is 17.4. The van der Waals surface area contributed by atoms with Crippen molar-refractivity contribution < 1.29 is 0 Å². The van der Waals surface area contributed by atoms with Crippen LogP contribution in [0, 0.1) is 18.3 Å². The zero-order chi connectivity index (χ0) is 25.7. The Hall–Kier alpha value is -5.03. The molecular formula is C28H25N7O. The van der Waals surface area contributed by atoms with Crippen molar-refractivity contribution in [3.8, 4) is 22.9 Å². The van der Waals surface area contributed by atoms with E-state index in [-0.39, 0.29) is 22.9 Å². The SMILES string of the molecule is CCc1nc2cccc(-c3ccc(C)cc3)c2c(=O)n1-c1ccccc1.N#Cc1cnc(N)nc1N. The lowest BCUT2D eigenvalue weighted by Crippen LogP contribution is -2.24. The number of nitrogens with two attached hydrogens (primary N) is 2. The summed E-state index contributed by atoms with van der Waals surface area (Å²) >= 11 is 0. The van der Waals surface area contributed by atoms with Crippen LogP contribution in [0.5, 0.6) is 0 Å². The third-order valence-electron chi connectivity index (χ3n) is 5.62. The molecule has 0 saturated carbocycles. The monoisotopic (exact) mass is 475 g/mol. The summed E-state index contributed by atoms with van der Waals surface area (Å²) < 4.78 is 1.74. The number of aromatic nitrogens is 4. The minimum Gasteiger partial charge on any atom is -0.382 e. The predicted octanol–water partition coefficient (Wildman–Crippen LogP) is 4.44. The fourth-order valence-electron chi connectivity index (χ4n) is 3.83. The van der Waals surface area contributed by atoms with Gasteiger partial charge in [0, 0.05) is 6.42 Å². The first-order valence-corrected chi connectivity index (χ1v) is 11.4. The molecule has 8 nitrogen and oxygen atoms in total. The van der Waals surface area contributed by atoms with Gasteiger partial charge in [0.1, 0.15) is 23.3 Å². The fourth-order valence-corrected chi connectivity index (χ4v) is 3.83. The maximum Gasteiger partial charge on any atom is 0.266 e. The summed E-state index contributed by atoms with van der Waals surface area (Å²) in [6, 6.07) is 25.7. The van der Waals surface area contributed by atoms with Crippen LogP contribution in [0.1, 0.15) is 23.9 Å². The van der Waals surface area contributed by atoms with Crippen molar-refractivity contribution in [1.82, 2.24) is 19.5 Å². The highest BCUT2D eigenvalue weighted by molar-refractivity contribution is 5.94. The van der Waals surface area contributed by atoms with Crippen molar-refractivity contribution in [3.05, 3.63) is 106 Å². The Morgan fingerprint density at radius 2 is 1.67 bits per heavy atom. The van der Waals surface area contributed by atoms with Crippen LogP contribution >= 0.6 is 0 Å². The van der Waals surface area contributed by atoms with Crippen molar-refractivity contribution >= 4 is 22.7 Å². The highest BCUT2D eigenvalue weighted by atomic mass is 16.1. The smallest absolute Gasteiger partial charge is 0.266 e. The molecule has 0 bridgehead atoms. The molecule has 178 valence electrons. The number of para-hydroxylation sites is 1. The molecule has 0 fully saturated rings. The summed E-state index contributed by atoms with van der Waals surface area (Å²) in [4.78, 5) is 25.4. The molecule has 0 amide bonds. The van der Waals surface area contributed by atoms with Crippen molar-refractivity contribution in [2.45, 2.75) is 20.3 Å². The number of nitriles is 1. The van der Waals surface area contributed by atoms with Crippen molar-refractivity contribution in [1.29, 1.82) is 5.26 Å². The highest BCUT2D eigenvalue weighted by Crippen LogP contribution is 2.26. The Labute approximate surface area is 208 Å². The van der Waals surface area contributed by atoms with Crippen LogP contribution < -0.4 is 17.0 Å². The molecule has 36 heavy (non-hydrogen) atoms. The van der Waals surface area contributed by atoms with Crippen molar-refractivity contribution in [3.63, 3.8) is 0 Å². The normalized spacial score (nSPS) is 10.4. The Morgan fingerprint density at radius 1 is 0.944 bits per heavy atom. The molecule has 4 N–H and O–H groups in total. The first-order valence-electron chi connectivity index (χ1n) is 11.4. The van der Waals surface area contributed by atoms with E-state index in [1.165, 1.54) is 11.8 Å². The second-order valence-electron chi connectivity index (χ2n) is 8.06. The molecule has 0 spiro atoms. The van der Waals surface area contributed by atoms with Gasteiger partial charge in [-0.2, -0.15) is 10.2 Å². The van der Waals surface area contributed by atoms with Gasteiger partial charge in [0.2, 0.25) is 5.95 Å². The van der Waals surface area contributed by atoms with Crippen LogP contribution in [0.2, 0.25) is 0 Å². The molecule has 3 aromatic carbocycles. The third kappa shape index (κ3) is 4.91. The van der Waals surface area contributed by atoms with Gasteiger partial charge in [-0.15, -0.1) is 0 Å². The number of fused-ring (bicyclic) bond motifs is 1. The summed E-state index contributed by atoms with van der Waals surface area (Å²) in [6.45, 7) is 4.08. The van der Waals surface area contributed by atoms with E-state index in [1.54, 1.807) is 4.57 Å². The van der Waals surface area contributed by atoms with E-state index in [4.69, 9.17) is 21.7 Å². The minimum absolute atomic E-state index is 0.0192. The number of nitrogen functional groups attached to an aromatic ring is 2. The van der Waals surface area contributed by atoms with Crippen LogP contribution in [0.15, 0.2) is 83.8 Å². The lowest BCUT2D eigenvalue weighted by molar-refractivity contribution is 0.833. The molecule has 0 radical (unpaired) electrons. The number of benzene rings is 3. The van der Waals surface area contributed by atoms with Crippen LogP contribution in [0.3, 0.4) is 0 Å². The summed E-state index contributed by atoms with van der Waals surface area (Å²) in [5.74, 6) is 0.973. The zero-order valence-electron chi connectivity index (χ0n) is 20.0. The molecule has 0 atom stereocenters. The quantitative estimate of drug-likeness (QED) is 0.394. The van der Waals surface area contributed by atoms with E-state index < -0.39 is 0 Å². The molecule has 2 aromatic heterocycles. The molecule has 0 saturated heterocycles. The Balaban J connectivity index is 0.000000256. The number of aryl methyl sites for hydroxylation is 2. The number of anilines is 2.